The van der Waals surface area contributed by atoms with E-state index in [1.54, 1.807) is 116 Å². The monoisotopic (exact) mass is 1660 g/mol. The van der Waals surface area contributed by atoms with Crippen LogP contribution in [0.25, 0.3) is 22.2 Å². The van der Waals surface area contributed by atoms with Crippen LogP contribution in [0.5, 0.6) is 23.0 Å². The van der Waals surface area contributed by atoms with Crippen molar-refractivity contribution >= 4 is 141 Å². The van der Waals surface area contributed by atoms with Gasteiger partial charge in [0.15, 0.2) is 43.2 Å². The van der Waals surface area contributed by atoms with Crippen molar-refractivity contribution < 1.29 is 68.2 Å². The first-order valence-electron chi connectivity index (χ1n) is 32.0. The molecule has 0 aliphatic carbocycles. The Labute approximate surface area is 651 Å². The lowest BCUT2D eigenvalue weighted by atomic mass is 10.0. The number of aryl methyl sites for hydroxylation is 2. The summed E-state index contributed by atoms with van der Waals surface area (Å²) in [5, 5.41) is 47.2. The van der Waals surface area contributed by atoms with E-state index in [2.05, 4.69) is 44.1 Å². The molecule has 6 N–H and O–H groups in total. The number of Topliss-reactive ketones (excluding diaryl/α,β-unsaturated/α-hetero) is 2. The highest BCUT2D eigenvalue weighted by atomic mass is 35.5. The van der Waals surface area contributed by atoms with Gasteiger partial charge < -0.3 is 20.1 Å². The van der Waals surface area contributed by atoms with E-state index < -0.39 is 50.6 Å². The number of nitro benzene ring substituents is 1. The van der Waals surface area contributed by atoms with Gasteiger partial charge in [0.2, 0.25) is 5.95 Å². The molecule has 5 aromatic heterocycles. The van der Waals surface area contributed by atoms with Gasteiger partial charge in [-0.2, -0.15) is 0 Å². The average Bonchev–Trinajstić information content (AvgIpc) is 0.849. The number of carbonyl (C=O) groups excluding carboxylic acids is 2. The summed E-state index contributed by atoms with van der Waals surface area (Å²) in [4.78, 5) is 72.5. The highest BCUT2D eigenvalue weighted by Crippen LogP contribution is 2.33. The molecule has 0 aliphatic rings. The molecule has 0 unspecified atom stereocenters. The van der Waals surface area contributed by atoms with Crippen LogP contribution in [-0.4, -0.2) is 107 Å². The standard InChI is InChI=1S/C22H20N4O4S2.C20H16N4O4S2.C18H15ClN2O4S2.C13H10ClNO5S/c1-13-9-14(2)24-22(23-13)26-32(29,30)17-6-3-15(4-7-17)10-21-25-18(12-31-21)16-5-8-19(27)20(28)11-16;25-15(12-24-13-22-18-4-2-1-3-17(18)19(24)26)11-14-5-7-16(8-6-14)30(27,28)23-20-21-9-10-29-20;1-25-17-7-4-13(19)11-15(17)16(22)10-12-2-5-14(6-3-12)27(23,24)21-18-20-8-9-26-18;14-10-1-6-13(16)9(7-10)8-21(19,20)12-4-2-11(3-5-12)15(17)18/h3-9,11-12,27-28H,10H2,1-2H3,(H,23,24,26);1-10,13H,11-12H2,(H,21,23);2-9,11H,10H2,1H3,(H,20,21);1-7,16H,8H2. The molecule has 13 aromatic rings. The van der Waals surface area contributed by atoms with Crippen LogP contribution in [0.3, 0.4) is 0 Å². The predicted molar refractivity (Wildman–Crippen MR) is 419 cm³/mol. The zero-order chi connectivity index (χ0) is 79.1. The minimum atomic E-state index is -3.81. The van der Waals surface area contributed by atoms with Crippen LogP contribution >= 0.6 is 57.2 Å². The molecule has 5 heterocycles. The maximum Gasteiger partial charge on any atom is 0.269 e. The van der Waals surface area contributed by atoms with Crippen LogP contribution in [0.15, 0.2) is 241 Å². The van der Waals surface area contributed by atoms with Gasteiger partial charge in [0.25, 0.3) is 41.3 Å². The second-order valence-corrected chi connectivity index (χ2v) is 34.2. The number of nitrogens with zero attached hydrogens (tertiary/aromatic N) is 8. The first-order valence-corrected chi connectivity index (χ1v) is 41.5. The number of thiazole rings is 3. The summed E-state index contributed by atoms with van der Waals surface area (Å²) in [7, 11) is -13.5. The van der Waals surface area contributed by atoms with Gasteiger partial charge >= 0.3 is 0 Å². The number of ketones is 2. The highest BCUT2D eigenvalue weighted by molar-refractivity contribution is 7.93. The van der Waals surface area contributed by atoms with E-state index in [1.807, 2.05) is 5.38 Å². The number of methoxy groups -OCH3 is 1. The van der Waals surface area contributed by atoms with Crippen LogP contribution in [0.4, 0.5) is 21.9 Å². The van der Waals surface area contributed by atoms with Crippen LogP contribution in [-0.2, 0) is 76.3 Å². The SMILES string of the molecule is COc1ccc(Cl)cc1C(=O)Cc1ccc(S(=O)(=O)Nc2nccs2)cc1.Cc1cc(C)nc(NS(=O)(=O)c2ccc(Cc3nc(-c4ccc(O)c(O)c4)cs3)cc2)n1.O=C(Cc1ccc(S(=O)(=O)Nc2nccs2)cc1)Cn1cnc2ccccc2c1=O.O=[N+]([O-])c1ccc(S(=O)(=O)Cc2cc(Cl)ccc2O)cc1. The average molecular weight is 1660 g/mol. The molecule has 28 nitrogen and oxygen atoms in total. The van der Waals surface area contributed by atoms with E-state index in [1.165, 1.54) is 131 Å². The van der Waals surface area contributed by atoms with Crippen LogP contribution in [0.1, 0.15) is 49.0 Å². The number of rotatable bonds is 24. The lowest BCUT2D eigenvalue weighted by Crippen LogP contribution is -2.25. The number of anilines is 3. The molecule has 0 fully saturated rings. The van der Waals surface area contributed by atoms with E-state index in [0.29, 0.717) is 77.6 Å². The molecule has 0 saturated heterocycles. The summed E-state index contributed by atoms with van der Waals surface area (Å²) >= 11 is 15.6. The Balaban J connectivity index is 0.000000158. The summed E-state index contributed by atoms with van der Waals surface area (Å²) < 4.78 is 113. The van der Waals surface area contributed by atoms with Gasteiger partial charge in [-0.15, -0.1) is 34.0 Å². The Morgan fingerprint density at radius 3 is 1.68 bits per heavy atom. The third-order valence-electron chi connectivity index (χ3n) is 15.5. The molecule has 110 heavy (non-hydrogen) atoms. The molecule has 0 saturated carbocycles. The van der Waals surface area contributed by atoms with E-state index in [4.69, 9.17) is 27.9 Å². The smallest absolute Gasteiger partial charge is 0.269 e. The van der Waals surface area contributed by atoms with E-state index >= 15 is 0 Å². The van der Waals surface area contributed by atoms with Crippen LogP contribution < -0.4 is 24.5 Å². The molecular weight excluding hydrogens is 1600 g/mol. The molecule has 37 heteroatoms. The molecule has 0 radical (unpaired) electrons. The van der Waals surface area contributed by atoms with Gasteiger partial charge in [-0.1, -0.05) is 71.7 Å². The molecule has 8 aromatic carbocycles. The minimum Gasteiger partial charge on any atom is -0.508 e. The fourth-order valence-corrected chi connectivity index (χ4v) is 17.3. The Morgan fingerprint density at radius 1 is 0.582 bits per heavy atom. The molecule has 0 amide bonds. The number of nitro groups is 1. The van der Waals surface area contributed by atoms with E-state index in [-0.39, 0.29) is 95.7 Å². The number of ether oxygens (including phenoxy) is 1. The van der Waals surface area contributed by atoms with Crippen molar-refractivity contribution in [3.63, 3.8) is 0 Å². The number of hydrogen-bond acceptors (Lipinski definition) is 26. The van der Waals surface area contributed by atoms with Gasteiger partial charge in [0.05, 0.1) is 77.4 Å². The van der Waals surface area contributed by atoms with Crippen molar-refractivity contribution in [2.75, 3.05) is 21.3 Å². The topological polar surface area (TPSA) is 419 Å². The summed E-state index contributed by atoms with van der Waals surface area (Å²) in [6.07, 6.45) is 5.08. The fourth-order valence-electron chi connectivity index (χ4n) is 10.2. The van der Waals surface area contributed by atoms with Crippen molar-refractivity contribution in [1.82, 2.24) is 34.5 Å². The lowest BCUT2D eigenvalue weighted by Gasteiger charge is -2.09. The Bertz CT molecular complexity index is 6030. The molecule has 13 rings (SSSR count). The van der Waals surface area contributed by atoms with E-state index in [0.717, 1.165) is 34.8 Å². The van der Waals surface area contributed by atoms with Crippen molar-refractivity contribution in [3.05, 3.63) is 292 Å². The number of sulfonamides is 3. The first kappa shape index (κ1) is 81.1. The molecule has 0 spiro atoms. The number of phenolic OH excluding ortho intramolecular Hbond substituents is 3. The largest absolute Gasteiger partial charge is 0.508 e. The first-order chi connectivity index (χ1) is 52.3. The molecular formula is C73H61Cl2N11O17S7. The number of hydrogen-bond donors (Lipinski definition) is 6. The summed E-state index contributed by atoms with van der Waals surface area (Å²) in [5.41, 5.74) is 5.63. The number of aromatic hydroxyl groups is 3. The Kier molecular flexibility index (Phi) is 26.4. The normalized spacial score (nSPS) is 11.4. The Morgan fingerprint density at radius 2 is 1.12 bits per heavy atom. The summed E-state index contributed by atoms with van der Waals surface area (Å²) in [5.74, 6) is -0.886. The minimum absolute atomic E-state index is 0.0437. The number of carbonyl (C=O) groups is 2. The summed E-state index contributed by atoms with van der Waals surface area (Å²) in [6.45, 7) is 3.44. The zero-order valence-corrected chi connectivity index (χ0v) is 64.8. The highest BCUT2D eigenvalue weighted by Gasteiger charge is 2.23. The van der Waals surface area contributed by atoms with Crippen molar-refractivity contribution in [2.45, 2.75) is 65.0 Å². The van der Waals surface area contributed by atoms with Gasteiger partial charge in [-0.05, 0) is 152 Å². The quantitative estimate of drug-likeness (QED) is 0.0142. The maximum atomic E-state index is 12.7. The zero-order valence-electron chi connectivity index (χ0n) is 57.6. The van der Waals surface area contributed by atoms with E-state index in [9.17, 15) is 73.5 Å². The number of benzene rings is 8. The number of non-ortho nitro benzene ring substituents is 1. The number of sulfone groups is 1. The van der Waals surface area contributed by atoms with Gasteiger partial charge in [0.1, 0.15) is 11.5 Å². The molecule has 0 aliphatic heterocycles. The van der Waals surface area contributed by atoms with Gasteiger partial charge in [-0.25, -0.2) is 68.3 Å². The number of fused-ring (bicyclic) bond motifs is 1. The number of halogens is 2. The van der Waals surface area contributed by atoms with Crippen molar-refractivity contribution in [1.29, 1.82) is 0 Å². The fraction of sp³-hybridized carbons (Fsp3) is 0.110. The predicted octanol–water partition coefficient (Wildman–Crippen LogP) is 13.4. The van der Waals surface area contributed by atoms with Gasteiger partial charge in [0, 0.05) is 92.5 Å². The molecule has 566 valence electrons. The van der Waals surface area contributed by atoms with Crippen LogP contribution in [0.2, 0.25) is 10.0 Å². The van der Waals surface area contributed by atoms with Crippen molar-refractivity contribution in [2.24, 2.45) is 0 Å². The second-order valence-electron chi connectivity index (χ2n) is 23.5. The number of para-hydroxylation sites is 1. The summed E-state index contributed by atoms with van der Waals surface area (Å²) in [6, 6.07) is 45.5. The third-order valence-corrected chi connectivity index (χ3v) is 24.2. The number of phenols is 3. The van der Waals surface area contributed by atoms with Crippen LogP contribution in [0, 0.1) is 24.0 Å². The number of nitrogens with one attached hydrogen (secondary N) is 3. The maximum absolute atomic E-state index is 12.7. The molecule has 0 atom stereocenters. The number of aromatic nitrogens is 7. The third kappa shape index (κ3) is 21.9. The molecule has 0 bridgehead atoms. The van der Waals surface area contributed by atoms with Crippen molar-refractivity contribution in [3.8, 4) is 34.3 Å². The second kappa shape index (κ2) is 35.7. The van der Waals surface area contributed by atoms with Gasteiger partial charge in [-0.3, -0.25) is 38.5 Å². The lowest BCUT2D eigenvalue weighted by molar-refractivity contribution is -0.384. The Hall–Kier alpha value is -11.4.